The number of nitrogens with zero attached hydrogens (tertiary/aromatic N) is 3. The first-order chi connectivity index (χ1) is 11.1. The lowest BCUT2D eigenvalue weighted by Crippen LogP contribution is -2.34. The number of halogens is 1. The van der Waals surface area contributed by atoms with Gasteiger partial charge in [-0.1, -0.05) is 17.7 Å². The fourth-order valence-electron chi connectivity index (χ4n) is 3.16. The summed E-state index contributed by atoms with van der Waals surface area (Å²) in [6, 6.07) is 11.4. The lowest BCUT2D eigenvalue weighted by atomic mass is 10.0. The smallest absolute Gasteiger partial charge is 0.259 e. The largest absolute Gasteiger partial charge is 0.308 e. The molecule has 0 saturated heterocycles. The molecule has 1 aliphatic rings. The molecule has 1 aliphatic heterocycles. The van der Waals surface area contributed by atoms with Crippen LogP contribution in [0.2, 0.25) is 5.02 Å². The van der Waals surface area contributed by atoms with Crippen LogP contribution in [0, 0.1) is 0 Å². The molecule has 0 atom stereocenters. The second-order valence-electron chi connectivity index (χ2n) is 6.08. The third kappa shape index (κ3) is 2.18. The van der Waals surface area contributed by atoms with Gasteiger partial charge in [0.2, 0.25) is 0 Å². The van der Waals surface area contributed by atoms with Crippen molar-refractivity contribution in [2.45, 2.75) is 0 Å². The number of anilines is 1. The lowest BCUT2D eigenvalue weighted by molar-refractivity contribution is 0.0993. The number of carbonyl (C=O) groups excluding carboxylic acids is 1. The molecule has 3 aromatic rings. The van der Waals surface area contributed by atoms with E-state index in [-0.39, 0.29) is 5.91 Å². The summed E-state index contributed by atoms with van der Waals surface area (Å²) in [6.07, 6.45) is 0. The molecule has 2 aromatic carbocycles. The van der Waals surface area contributed by atoms with Crippen LogP contribution in [0.15, 0.2) is 36.4 Å². The van der Waals surface area contributed by atoms with E-state index in [0.29, 0.717) is 11.6 Å². The molecule has 0 aliphatic carbocycles. The molecule has 0 radical (unpaired) electrons. The molecule has 0 N–H and O–H groups in total. The van der Waals surface area contributed by atoms with Gasteiger partial charge in [-0.3, -0.25) is 4.79 Å². The number of pyridine rings is 1. The predicted molar refractivity (Wildman–Crippen MR) is 94.5 cm³/mol. The van der Waals surface area contributed by atoms with Gasteiger partial charge in [0.25, 0.3) is 5.91 Å². The van der Waals surface area contributed by atoms with E-state index in [4.69, 9.17) is 16.6 Å². The summed E-state index contributed by atoms with van der Waals surface area (Å²) in [6.45, 7) is 1.46. The Bertz CT molecular complexity index is 952. The monoisotopic (exact) mass is 325 g/mol. The zero-order valence-electron chi connectivity index (χ0n) is 13.0. The normalized spacial score (nSPS) is 13.7. The van der Waals surface area contributed by atoms with Gasteiger partial charge in [0.1, 0.15) is 0 Å². The van der Waals surface area contributed by atoms with Crippen LogP contribution >= 0.6 is 11.6 Å². The minimum absolute atomic E-state index is 0.0349. The van der Waals surface area contributed by atoms with E-state index in [1.807, 2.05) is 55.4 Å². The van der Waals surface area contributed by atoms with Crippen molar-refractivity contribution in [2.75, 3.05) is 32.1 Å². The Kier molecular flexibility index (Phi) is 3.25. The van der Waals surface area contributed by atoms with E-state index in [9.17, 15) is 4.79 Å². The van der Waals surface area contributed by atoms with Crippen LogP contribution in [0.25, 0.3) is 21.8 Å². The molecule has 0 saturated carbocycles. The van der Waals surface area contributed by atoms with Crippen LogP contribution in [-0.4, -0.2) is 43.0 Å². The first kappa shape index (κ1) is 14.4. The summed E-state index contributed by atoms with van der Waals surface area (Å²) in [4.78, 5) is 21.7. The maximum atomic E-state index is 13.1. The first-order valence-corrected chi connectivity index (χ1v) is 7.92. The van der Waals surface area contributed by atoms with Crippen LogP contribution in [0.1, 0.15) is 10.4 Å². The quantitative estimate of drug-likeness (QED) is 0.691. The van der Waals surface area contributed by atoms with Crippen LogP contribution in [0.5, 0.6) is 0 Å². The third-order valence-corrected chi connectivity index (χ3v) is 4.50. The minimum Gasteiger partial charge on any atom is -0.308 e. The highest BCUT2D eigenvalue weighted by Gasteiger charge is 2.32. The standard InChI is InChI=1S/C18H16ClN3O/c1-21(2)8-9-22-15-5-3-4-14-17(15)16(18(22)23)12-10-11(19)6-7-13(12)20-14/h3-7,10H,8-9H2,1-2H3. The van der Waals surface area contributed by atoms with Crippen molar-refractivity contribution in [3.8, 4) is 0 Å². The van der Waals surface area contributed by atoms with E-state index in [1.54, 1.807) is 0 Å². The van der Waals surface area contributed by atoms with E-state index in [1.165, 1.54) is 0 Å². The molecule has 0 fully saturated rings. The Morgan fingerprint density at radius 1 is 1.17 bits per heavy atom. The number of fused-ring (bicyclic) bond motifs is 2. The molecule has 0 bridgehead atoms. The van der Waals surface area contributed by atoms with Gasteiger partial charge < -0.3 is 9.80 Å². The molecular weight excluding hydrogens is 310 g/mol. The Labute approximate surface area is 139 Å². The zero-order valence-corrected chi connectivity index (χ0v) is 13.8. The molecule has 0 unspecified atom stereocenters. The maximum absolute atomic E-state index is 13.1. The molecule has 0 spiro atoms. The number of benzene rings is 2. The highest BCUT2D eigenvalue weighted by molar-refractivity contribution is 6.33. The number of aromatic nitrogens is 1. The summed E-state index contributed by atoms with van der Waals surface area (Å²) in [5.74, 6) is 0.0349. The predicted octanol–water partition coefficient (Wildman–Crippen LogP) is 3.56. The van der Waals surface area contributed by atoms with Crippen molar-refractivity contribution >= 4 is 45.0 Å². The number of carbonyl (C=O) groups is 1. The Hall–Kier alpha value is -2.17. The molecule has 4 rings (SSSR count). The summed E-state index contributed by atoms with van der Waals surface area (Å²) in [5.41, 5.74) is 3.32. The zero-order chi connectivity index (χ0) is 16.1. The molecule has 1 amide bonds. The van der Waals surface area contributed by atoms with Gasteiger partial charge in [0, 0.05) is 28.9 Å². The maximum Gasteiger partial charge on any atom is 0.259 e. The van der Waals surface area contributed by atoms with Gasteiger partial charge in [0.15, 0.2) is 0 Å². The average Bonchev–Trinajstić information content (AvgIpc) is 2.80. The number of rotatable bonds is 3. The molecule has 23 heavy (non-hydrogen) atoms. The van der Waals surface area contributed by atoms with Crippen molar-refractivity contribution in [3.05, 3.63) is 47.0 Å². The van der Waals surface area contributed by atoms with Gasteiger partial charge in [-0.15, -0.1) is 0 Å². The topological polar surface area (TPSA) is 36.4 Å². The van der Waals surface area contributed by atoms with Crippen molar-refractivity contribution in [2.24, 2.45) is 0 Å². The van der Waals surface area contributed by atoms with Crippen molar-refractivity contribution in [1.82, 2.24) is 9.88 Å². The van der Waals surface area contributed by atoms with E-state index >= 15 is 0 Å². The summed E-state index contributed by atoms with van der Waals surface area (Å²) in [5, 5.41) is 2.38. The Morgan fingerprint density at radius 3 is 2.78 bits per heavy atom. The fraction of sp³-hybridized carbons (Fsp3) is 0.222. The highest BCUT2D eigenvalue weighted by Crippen LogP contribution is 2.40. The number of likely N-dealkylation sites (N-methyl/N-ethyl adjacent to an activating group) is 1. The van der Waals surface area contributed by atoms with Crippen LogP contribution < -0.4 is 4.90 Å². The number of amides is 1. The molecule has 1 aromatic heterocycles. The Balaban J connectivity index is 1.99. The fourth-order valence-corrected chi connectivity index (χ4v) is 3.33. The van der Waals surface area contributed by atoms with Crippen molar-refractivity contribution in [3.63, 3.8) is 0 Å². The molecule has 4 nitrogen and oxygen atoms in total. The van der Waals surface area contributed by atoms with Crippen LogP contribution in [-0.2, 0) is 0 Å². The summed E-state index contributed by atoms with van der Waals surface area (Å²) >= 11 is 6.14. The number of hydrogen-bond donors (Lipinski definition) is 0. The van der Waals surface area contributed by atoms with Gasteiger partial charge in [-0.2, -0.15) is 0 Å². The van der Waals surface area contributed by atoms with Crippen LogP contribution in [0.4, 0.5) is 5.69 Å². The van der Waals surface area contributed by atoms with E-state index in [2.05, 4.69) is 4.90 Å². The molecule has 116 valence electrons. The van der Waals surface area contributed by atoms with Gasteiger partial charge >= 0.3 is 0 Å². The summed E-state index contributed by atoms with van der Waals surface area (Å²) < 4.78 is 0. The van der Waals surface area contributed by atoms with E-state index < -0.39 is 0 Å². The third-order valence-electron chi connectivity index (χ3n) is 4.26. The van der Waals surface area contributed by atoms with E-state index in [0.717, 1.165) is 39.6 Å². The molecular formula is C18H16ClN3O. The average molecular weight is 326 g/mol. The van der Waals surface area contributed by atoms with Crippen molar-refractivity contribution in [1.29, 1.82) is 0 Å². The number of hydrogen-bond acceptors (Lipinski definition) is 3. The van der Waals surface area contributed by atoms with Gasteiger partial charge in [0.05, 0.1) is 22.3 Å². The summed E-state index contributed by atoms with van der Waals surface area (Å²) in [7, 11) is 4.01. The highest BCUT2D eigenvalue weighted by atomic mass is 35.5. The van der Waals surface area contributed by atoms with Gasteiger partial charge in [-0.25, -0.2) is 4.98 Å². The second-order valence-corrected chi connectivity index (χ2v) is 6.52. The Morgan fingerprint density at radius 2 is 2.00 bits per heavy atom. The lowest BCUT2D eigenvalue weighted by Gasteiger charge is -2.20. The minimum atomic E-state index is 0.0349. The molecule has 2 heterocycles. The second kappa shape index (κ2) is 5.18. The van der Waals surface area contributed by atoms with Crippen LogP contribution in [0.3, 0.4) is 0 Å². The van der Waals surface area contributed by atoms with Gasteiger partial charge in [-0.05, 0) is 44.4 Å². The van der Waals surface area contributed by atoms with Crippen molar-refractivity contribution < 1.29 is 4.79 Å². The molecule has 5 heteroatoms. The SMILES string of the molecule is CN(C)CCN1C(=O)c2c3cc(Cl)ccc3nc3cccc1c23. The first-order valence-electron chi connectivity index (χ1n) is 7.55.